The maximum Gasteiger partial charge on any atom is 0.251 e. The molecule has 1 saturated heterocycles. The van der Waals surface area contributed by atoms with E-state index in [-0.39, 0.29) is 12.5 Å². The van der Waals surface area contributed by atoms with Crippen molar-refractivity contribution in [2.24, 2.45) is 0 Å². The molecule has 0 atom stereocenters. The highest BCUT2D eigenvalue weighted by Crippen LogP contribution is 2.40. The van der Waals surface area contributed by atoms with E-state index in [9.17, 15) is 9.90 Å². The number of piperidine rings is 1. The summed E-state index contributed by atoms with van der Waals surface area (Å²) in [5.74, 6) is 1.57. The molecule has 5 rings (SSSR count). The Labute approximate surface area is 243 Å². The van der Waals surface area contributed by atoms with Crippen LogP contribution in [0.2, 0.25) is 5.02 Å². The topological polar surface area (TPSA) is 61.8 Å². The first-order valence-electron chi connectivity index (χ1n) is 14.9. The minimum Gasteiger partial charge on any atom is -0.491 e. The molecule has 0 saturated carbocycles. The van der Waals surface area contributed by atoms with Crippen molar-refractivity contribution in [3.63, 3.8) is 0 Å². The van der Waals surface area contributed by atoms with E-state index in [2.05, 4.69) is 22.3 Å². The lowest BCUT2D eigenvalue weighted by Crippen LogP contribution is -2.34. The number of carbonyl (C=O) groups excluding carboxylic acids is 1. The number of halogens is 1. The summed E-state index contributed by atoms with van der Waals surface area (Å²) < 4.78 is 6.14. The van der Waals surface area contributed by atoms with Crippen LogP contribution in [-0.4, -0.2) is 55.3 Å². The first-order chi connectivity index (χ1) is 19.6. The second-order valence-corrected chi connectivity index (χ2v) is 11.5. The zero-order valence-electron chi connectivity index (χ0n) is 23.3. The number of amides is 1. The lowest BCUT2D eigenvalue weighted by molar-refractivity contribution is 0.0952. The summed E-state index contributed by atoms with van der Waals surface area (Å²) in [7, 11) is 0. The van der Waals surface area contributed by atoms with Crippen LogP contribution in [0.1, 0.15) is 71.5 Å². The minimum atomic E-state index is -0.0206. The predicted molar refractivity (Wildman–Crippen MR) is 163 cm³/mol. The monoisotopic (exact) mass is 560 g/mol. The summed E-state index contributed by atoms with van der Waals surface area (Å²) in [4.78, 5) is 15.1. The second kappa shape index (κ2) is 14.2. The van der Waals surface area contributed by atoms with Gasteiger partial charge in [0.2, 0.25) is 0 Å². The number of unbranched alkanes of at least 4 members (excludes halogenated alkanes) is 1. The molecule has 0 radical (unpaired) electrons. The van der Waals surface area contributed by atoms with Crippen LogP contribution in [0.4, 0.5) is 0 Å². The highest BCUT2D eigenvalue weighted by atomic mass is 35.5. The molecule has 1 fully saturated rings. The fraction of sp³-hybridized carbons (Fsp3) is 0.441. The Bertz CT molecular complexity index is 1250. The molecule has 6 heteroatoms. The summed E-state index contributed by atoms with van der Waals surface area (Å²) in [5.41, 5.74) is 7.00. The summed E-state index contributed by atoms with van der Waals surface area (Å²) in [6.45, 7) is 4.36. The van der Waals surface area contributed by atoms with E-state index >= 15 is 0 Å². The van der Waals surface area contributed by atoms with Gasteiger partial charge in [-0.05, 0) is 129 Å². The number of nitrogens with one attached hydrogen (secondary N) is 1. The van der Waals surface area contributed by atoms with Crippen molar-refractivity contribution in [1.29, 1.82) is 0 Å². The molecule has 1 aliphatic heterocycles. The molecule has 212 valence electrons. The number of aliphatic hydroxyl groups excluding tert-OH is 1. The molecular weight excluding hydrogens is 520 g/mol. The maximum absolute atomic E-state index is 12.6. The minimum absolute atomic E-state index is 0.0206. The Morgan fingerprint density at radius 3 is 2.35 bits per heavy atom. The smallest absolute Gasteiger partial charge is 0.251 e. The van der Waals surface area contributed by atoms with Crippen molar-refractivity contribution in [2.45, 2.75) is 57.3 Å². The normalized spacial score (nSPS) is 15.9. The summed E-state index contributed by atoms with van der Waals surface area (Å²) in [6, 6.07) is 20.1. The van der Waals surface area contributed by atoms with E-state index in [0.29, 0.717) is 29.7 Å². The average Bonchev–Trinajstić information content (AvgIpc) is 3.00. The first-order valence-corrected chi connectivity index (χ1v) is 15.2. The zero-order chi connectivity index (χ0) is 27.7. The van der Waals surface area contributed by atoms with Crippen molar-refractivity contribution in [3.05, 3.63) is 87.9 Å². The third-order valence-electron chi connectivity index (χ3n) is 8.39. The van der Waals surface area contributed by atoms with Gasteiger partial charge in [0.05, 0.1) is 6.61 Å². The largest absolute Gasteiger partial charge is 0.491 e. The number of nitrogens with zero attached hydrogens (tertiary/aromatic N) is 1. The van der Waals surface area contributed by atoms with Crippen LogP contribution in [0.15, 0.2) is 60.7 Å². The van der Waals surface area contributed by atoms with Crippen LogP contribution in [0.5, 0.6) is 5.75 Å². The summed E-state index contributed by atoms with van der Waals surface area (Å²) >= 11 is 5.98. The van der Waals surface area contributed by atoms with E-state index in [0.717, 1.165) is 75.0 Å². The third-order valence-corrected chi connectivity index (χ3v) is 8.64. The molecule has 40 heavy (non-hydrogen) atoms. The number of aliphatic hydroxyl groups is 1. The lowest BCUT2D eigenvalue weighted by Gasteiger charge is -2.34. The van der Waals surface area contributed by atoms with Gasteiger partial charge in [-0.3, -0.25) is 4.79 Å². The third kappa shape index (κ3) is 7.25. The molecule has 2 aliphatic rings. The van der Waals surface area contributed by atoms with Crippen LogP contribution >= 0.6 is 11.6 Å². The molecule has 1 amide bonds. The number of benzene rings is 3. The van der Waals surface area contributed by atoms with E-state index < -0.39 is 0 Å². The van der Waals surface area contributed by atoms with Gasteiger partial charge >= 0.3 is 0 Å². The highest BCUT2D eigenvalue weighted by molar-refractivity contribution is 6.30. The Kier molecular flexibility index (Phi) is 10.1. The van der Waals surface area contributed by atoms with E-state index in [1.165, 1.54) is 29.5 Å². The predicted octanol–water partition coefficient (Wildman–Crippen LogP) is 6.65. The number of hydrogen-bond donors (Lipinski definition) is 2. The second-order valence-electron chi connectivity index (χ2n) is 11.1. The molecule has 5 nitrogen and oxygen atoms in total. The van der Waals surface area contributed by atoms with E-state index in [1.807, 2.05) is 48.5 Å². The van der Waals surface area contributed by atoms with Gasteiger partial charge in [0.25, 0.3) is 5.91 Å². The van der Waals surface area contributed by atoms with Gasteiger partial charge < -0.3 is 20.1 Å². The number of fused-ring (bicyclic) bond motifs is 1. The number of ether oxygens (including phenoxy) is 1. The molecule has 2 N–H and O–H groups in total. The zero-order valence-corrected chi connectivity index (χ0v) is 24.1. The standard InChI is InChI=1S/C34H41ClN2O3/c35-30-14-11-26(12-15-30)25-7-9-29(10-8-25)34(39)36-19-3-4-20-37-21-17-28(18-22-37)32-16-13-27-5-1-2-6-31(27)33(32)40-24-23-38/h7-16,28,38H,1-6,17-24H2,(H,36,39). The number of aryl methyl sites for hydroxylation is 1. The van der Waals surface area contributed by atoms with Crippen molar-refractivity contribution in [3.8, 4) is 16.9 Å². The number of hydrogen-bond acceptors (Lipinski definition) is 4. The van der Waals surface area contributed by atoms with E-state index in [4.69, 9.17) is 16.3 Å². The van der Waals surface area contributed by atoms with Gasteiger partial charge in [0.1, 0.15) is 12.4 Å². The molecular formula is C34H41ClN2O3. The molecule has 1 aliphatic carbocycles. The summed E-state index contributed by atoms with van der Waals surface area (Å²) in [6.07, 6.45) is 9.03. The van der Waals surface area contributed by atoms with Crippen LogP contribution in [0.3, 0.4) is 0 Å². The number of likely N-dealkylation sites (tertiary alicyclic amines) is 1. The highest BCUT2D eigenvalue weighted by Gasteiger charge is 2.26. The Morgan fingerprint density at radius 1 is 0.925 bits per heavy atom. The van der Waals surface area contributed by atoms with Gasteiger partial charge in [0.15, 0.2) is 0 Å². The quantitative estimate of drug-likeness (QED) is 0.258. The van der Waals surface area contributed by atoms with Crippen LogP contribution < -0.4 is 10.1 Å². The molecule has 0 unspecified atom stereocenters. The van der Waals surface area contributed by atoms with Gasteiger partial charge in [0, 0.05) is 17.1 Å². The lowest BCUT2D eigenvalue weighted by atomic mass is 9.83. The van der Waals surface area contributed by atoms with Crippen LogP contribution in [-0.2, 0) is 12.8 Å². The Morgan fingerprint density at radius 2 is 1.62 bits per heavy atom. The van der Waals surface area contributed by atoms with Gasteiger partial charge in [-0.25, -0.2) is 0 Å². The molecule has 0 bridgehead atoms. The average molecular weight is 561 g/mol. The molecule has 3 aromatic carbocycles. The first kappa shape index (κ1) is 28.7. The van der Waals surface area contributed by atoms with Crippen molar-refractivity contribution < 1.29 is 14.6 Å². The SMILES string of the molecule is O=C(NCCCCN1CCC(c2ccc3c(c2OCCO)CCCC3)CC1)c1ccc(-c2ccc(Cl)cc2)cc1. The van der Waals surface area contributed by atoms with Crippen LogP contribution in [0.25, 0.3) is 11.1 Å². The van der Waals surface area contributed by atoms with Gasteiger partial charge in [-0.1, -0.05) is 48.0 Å². The van der Waals surface area contributed by atoms with Gasteiger partial charge in [-0.2, -0.15) is 0 Å². The van der Waals surface area contributed by atoms with E-state index in [1.54, 1.807) is 0 Å². The van der Waals surface area contributed by atoms with Crippen molar-refractivity contribution in [1.82, 2.24) is 10.2 Å². The number of carbonyl (C=O) groups is 1. The molecule has 0 aromatic heterocycles. The Balaban J connectivity index is 1.03. The summed E-state index contributed by atoms with van der Waals surface area (Å²) in [5, 5.41) is 13.2. The fourth-order valence-corrected chi connectivity index (χ4v) is 6.27. The maximum atomic E-state index is 12.6. The van der Waals surface area contributed by atoms with Crippen molar-refractivity contribution >= 4 is 17.5 Å². The van der Waals surface area contributed by atoms with Crippen molar-refractivity contribution in [2.75, 3.05) is 39.4 Å². The fourth-order valence-electron chi connectivity index (χ4n) is 6.14. The molecule has 0 spiro atoms. The van der Waals surface area contributed by atoms with Crippen LogP contribution in [0, 0.1) is 0 Å². The number of rotatable bonds is 11. The van der Waals surface area contributed by atoms with Gasteiger partial charge in [-0.15, -0.1) is 0 Å². The Hall–Kier alpha value is -2.86. The molecule has 3 aromatic rings. The molecule has 1 heterocycles.